The van der Waals surface area contributed by atoms with Crippen LogP contribution >= 0.6 is 11.8 Å². The molecule has 0 spiro atoms. The van der Waals surface area contributed by atoms with Crippen LogP contribution in [0.15, 0.2) is 24.3 Å². The third-order valence-electron chi connectivity index (χ3n) is 3.34. The topological polar surface area (TPSA) is 12.0 Å². The summed E-state index contributed by atoms with van der Waals surface area (Å²) in [4.78, 5) is 0. The molecule has 1 nitrogen and oxygen atoms in total. The Bertz CT molecular complexity index is 344. The van der Waals surface area contributed by atoms with Gasteiger partial charge in [-0.3, -0.25) is 0 Å². The Morgan fingerprint density at radius 2 is 1.94 bits per heavy atom. The average Bonchev–Trinajstić information content (AvgIpc) is 2.78. The van der Waals surface area contributed by atoms with Gasteiger partial charge in [-0.15, -0.1) is 0 Å². The van der Waals surface area contributed by atoms with Gasteiger partial charge in [-0.2, -0.15) is 11.8 Å². The van der Waals surface area contributed by atoms with E-state index in [0.717, 1.165) is 12.6 Å². The molecule has 1 N–H and O–H groups in total. The van der Waals surface area contributed by atoms with Crippen molar-refractivity contribution in [1.82, 2.24) is 5.32 Å². The summed E-state index contributed by atoms with van der Waals surface area (Å²) < 4.78 is 0. The Kier molecular flexibility index (Phi) is 4.16. The van der Waals surface area contributed by atoms with E-state index in [1.165, 1.54) is 29.1 Å². The zero-order chi connectivity index (χ0) is 12.3. The lowest BCUT2D eigenvalue weighted by Crippen LogP contribution is -2.27. The van der Waals surface area contributed by atoms with Crippen molar-refractivity contribution in [1.29, 1.82) is 0 Å². The highest BCUT2D eigenvalue weighted by atomic mass is 32.2. The largest absolute Gasteiger partial charge is 0.309 e. The number of hydrogen-bond acceptors (Lipinski definition) is 2. The molecule has 1 aliphatic heterocycles. The molecule has 2 heteroatoms. The second kappa shape index (κ2) is 5.45. The SMILES string of the molecule is CC(C)(C)c1ccc(CNC2CCSC2)cc1. The fraction of sp³-hybridized carbons (Fsp3) is 0.600. The van der Waals surface area contributed by atoms with Gasteiger partial charge in [0.1, 0.15) is 0 Å². The summed E-state index contributed by atoms with van der Waals surface area (Å²) in [7, 11) is 0. The molecular weight excluding hydrogens is 226 g/mol. The van der Waals surface area contributed by atoms with Gasteiger partial charge in [-0.25, -0.2) is 0 Å². The quantitative estimate of drug-likeness (QED) is 0.879. The van der Waals surface area contributed by atoms with E-state index < -0.39 is 0 Å². The van der Waals surface area contributed by atoms with Crippen LogP contribution in [0.5, 0.6) is 0 Å². The molecule has 1 unspecified atom stereocenters. The van der Waals surface area contributed by atoms with E-state index in [0.29, 0.717) is 0 Å². The van der Waals surface area contributed by atoms with Gasteiger partial charge in [0.05, 0.1) is 0 Å². The van der Waals surface area contributed by atoms with Crippen molar-refractivity contribution in [2.24, 2.45) is 0 Å². The number of nitrogens with one attached hydrogen (secondary N) is 1. The van der Waals surface area contributed by atoms with Crippen molar-refractivity contribution in [3.8, 4) is 0 Å². The smallest absolute Gasteiger partial charge is 0.0208 e. The number of thioether (sulfide) groups is 1. The summed E-state index contributed by atoms with van der Waals surface area (Å²) in [6, 6.07) is 9.77. The maximum absolute atomic E-state index is 3.64. The van der Waals surface area contributed by atoms with Crippen LogP contribution in [0.3, 0.4) is 0 Å². The molecule has 0 amide bonds. The fourth-order valence-electron chi connectivity index (χ4n) is 2.08. The minimum atomic E-state index is 0.258. The van der Waals surface area contributed by atoms with Gasteiger partial charge < -0.3 is 5.32 Å². The zero-order valence-corrected chi connectivity index (χ0v) is 11.9. The van der Waals surface area contributed by atoms with Crippen molar-refractivity contribution in [2.45, 2.75) is 45.2 Å². The molecular formula is C15H23NS. The third kappa shape index (κ3) is 3.75. The van der Waals surface area contributed by atoms with Crippen LogP contribution in [0, 0.1) is 0 Å². The lowest BCUT2D eigenvalue weighted by atomic mass is 9.87. The maximum Gasteiger partial charge on any atom is 0.0208 e. The Morgan fingerprint density at radius 1 is 1.24 bits per heavy atom. The molecule has 17 heavy (non-hydrogen) atoms. The van der Waals surface area contributed by atoms with Gasteiger partial charge in [0.15, 0.2) is 0 Å². The first-order chi connectivity index (χ1) is 8.05. The standard InChI is InChI=1S/C15H23NS/c1-15(2,3)13-6-4-12(5-7-13)10-16-14-8-9-17-11-14/h4-7,14,16H,8-11H2,1-3H3. The highest BCUT2D eigenvalue weighted by Gasteiger charge is 2.15. The second-order valence-corrected chi connectivity index (χ2v) is 7.04. The minimum Gasteiger partial charge on any atom is -0.309 e. The molecule has 1 aromatic carbocycles. The van der Waals surface area contributed by atoms with Gasteiger partial charge in [0.25, 0.3) is 0 Å². The summed E-state index contributed by atoms with van der Waals surface area (Å²) in [5, 5.41) is 3.64. The molecule has 0 saturated carbocycles. The van der Waals surface area contributed by atoms with Crippen LogP contribution in [0.1, 0.15) is 38.3 Å². The Morgan fingerprint density at radius 3 is 2.47 bits per heavy atom. The Balaban J connectivity index is 1.89. The van der Waals surface area contributed by atoms with Crippen molar-refractivity contribution < 1.29 is 0 Å². The number of hydrogen-bond donors (Lipinski definition) is 1. The lowest BCUT2D eigenvalue weighted by molar-refractivity contribution is 0.556. The molecule has 0 bridgehead atoms. The minimum absolute atomic E-state index is 0.258. The highest BCUT2D eigenvalue weighted by molar-refractivity contribution is 7.99. The number of benzene rings is 1. The summed E-state index contributed by atoms with van der Waals surface area (Å²) in [6.07, 6.45) is 1.32. The van der Waals surface area contributed by atoms with E-state index in [2.05, 4.69) is 62.1 Å². The molecule has 1 saturated heterocycles. The highest BCUT2D eigenvalue weighted by Crippen LogP contribution is 2.22. The van der Waals surface area contributed by atoms with Crippen LogP contribution in [0.25, 0.3) is 0 Å². The van der Waals surface area contributed by atoms with Crippen molar-refractivity contribution in [3.63, 3.8) is 0 Å². The summed E-state index contributed by atoms with van der Waals surface area (Å²) >= 11 is 2.06. The summed E-state index contributed by atoms with van der Waals surface area (Å²) in [5.41, 5.74) is 3.07. The van der Waals surface area contributed by atoms with Gasteiger partial charge in [-0.05, 0) is 28.7 Å². The first-order valence-corrected chi connectivity index (χ1v) is 7.62. The van der Waals surface area contributed by atoms with E-state index in [1.54, 1.807) is 0 Å². The van der Waals surface area contributed by atoms with Gasteiger partial charge in [-0.1, -0.05) is 45.0 Å². The molecule has 0 radical (unpaired) electrons. The van der Waals surface area contributed by atoms with Gasteiger partial charge in [0, 0.05) is 18.3 Å². The molecule has 0 aliphatic carbocycles. The van der Waals surface area contributed by atoms with Crippen LogP contribution in [-0.2, 0) is 12.0 Å². The first kappa shape index (κ1) is 13.0. The Hall–Kier alpha value is -0.470. The van der Waals surface area contributed by atoms with Crippen LogP contribution in [0.4, 0.5) is 0 Å². The maximum atomic E-state index is 3.64. The Labute approximate surface area is 109 Å². The molecule has 1 aliphatic rings. The molecule has 1 fully saturated rings. The van der Waals surface area contributed by atoms with Gasteiger partial charge in [0.2, 0.25) is 0 Å². The zero-order valence-electron chi connectivity index (χ0n) is 11.1. The van der Waals surface area contributed by atoms with Crippen LogP contribution < -0.4 is 5.32 Å². The van der Waals surface area contributed by atoms with Crippen molar-refractivity contribution >= 4 is 11.8 Å². The average molecular weight is 249 g/mol. The fourth-order valence-corrected chi connectivity index (χ4v) is 3.27. The lowest BCUT2D eigenvalue weighted by Gasteiger charge is -2.19. The normalized spacial score (nSPS) is 20.8. The number of rotatable bonds is 3. The van der Waals surface area contributed by atoms with Crippen molar-refractivity contribution in [3.05, 3.63) is 35.4 Å². The predicted octanol–water partition coefficient (Wildman–Crippen LogP) is 3.58. The third-order valence-corrected chi connectivity index (χ3v) is 4.51. The first-order valence-electron chi connectivity index (χ1n) is 6.46. The van der Waals surface area contributed by atoms with E-state index in [1.807, 2.05) is 0 Å². The van der Waals surface area contributed by atoms with E-state index in [-0.39, 0.29) is 5.41 Å². The molecule has 1 aromatic rings. The molecule has 1 atom stereocenters. The monoisotopic (exact) mass is 249 g/mol. The molecule has 2 rings (SSSR count). The second-order valence-electron chi connectivity index (χ2n) is 5.89. The molecule has 94 valence electrons. The molecule has 0 aromatic heterocycles. The molecule has 1 heterocycles. The van der Waals surface area contributed by atoms with Crippen LogP contribution in [0.2, 0.25) is 0 Å². The van der Waals surface area contributed by atoms with Gasteiger partial charge >= 0.3 is 0 Å². The predicted molar refractivity (Wildman–Crippen MR) is 77.7 cm³/mol. The summed E-state index contributed by atoms with van der Waals surface area (Å²) in [5.74, 6) is 2.60. The summed E-state index contributed by atoms with van der Waals surface area (Å²) in [6.45, 7) is 7.79. The van der Waals surface area contributed by atoms with E-state index in [4.69, 9.17) is 0 Å². The van der Waals surface area contributed by atoms with Crippen molar-refractivity contribution in [2.75, 3.05) is 11.5 Å². The van der Waals surface area contributed by atoms with Crippen LogP contribution in [-0.4, -0.2) is 17.5 Å². The van der Waals surface area contributed by atoms with E-state index >= 15 is 0 Å². The van der Waals surface area contributed by atoms with E-state index in [9.17, 15) is 0 Å².